The Morgan fingerprint density at radius 1 is 1.04 bits per heavy atom. The van der Waals surface area contributed by atoms with Crippen LogP contribution in [0.15, 0.2) is 53.9 Å². The summed E-state index contributed by atoms with van der Waals surface area (Å²) in [5, 5.41) is 8.29. The quantitative estimate of drug-likeness (QED) is 0.698. The highest BCUT2D eigenvalue weighted by molar-refractivity contribution is 7.13. The van der Waals surface area contributed by atoms with Crippen LogP contribution in [0.3, 0.4) is 0 Å². The number of aromatic nitrogens is 1. The molecule has 0 bridgehead atoms. The molecule has 3 aromatic rings. The third-order valence-corrected chi connectivity index (χ3v) is 5.26. The van der Waals surface area contributed by atoms with Crippen molar-refractivity contribution in [3.05, 3.63) is 70.7 Å². The van der Waals surface area contributed by atoms with E-state index in [1.807, 2.05) is 31.2 Å². The maximum Gasteiger partial charge on any atom is 0.275 e. The number of carbonyl (C=O) groups excluding carboxylic acids is 2. The molecule has 5 nitrogen and oxygen atoms in total. The fourth-order valence-electron chi connectivity index (χ4n) is 2.67. The van der Waals surface area contributed by atoms with Gasteiger partial charge >= 0.3 is 0 Å². The van der Waals surface area contributed by atoms with E-state index in [2.05, 4.69) is 15.6 Å². The summed E-state index contributed by atoms with van der Waals surface area (Å²) in [6.07, 6.45) is 2.03. The van der Waals surface area contributed by atoms with Gasteiger partial charge in [-0.1, -0.05) is 42.0 Å². The Morgan fingerprint density at radius 3 is 2.52 bits per heavy atom. The van der Waals surface area contributed by atoms with Gasteiger partial charge in [-0.05, 0) is 31.9 Å². The van der Waals surface area contributed by atoms with Crippen LogP contribution in [0.25, 0.3) is 10.6 Å². The van der Waals surface area contributed by atoms with E-state index >= 15 is 0 Å². The third-order valence-electron chi connectivity index (χ3n) is 4.37. The zero-order valence-electron chi connectivity index (χ0n) is 14.9. The average Bonchev–Trinajstić information content (AvgIpc) is 3.34. The van der Waals surface area contributed by atoms with E-state index in [0.29, 0.717) is 16.9 Å². The minimum Gasteiger partial charge on any atom is -0.349 e. The Labute approximate surface area is 161 Å². The summed E-state index contributed by atoms with van der Waals surface area (Å²) in [6.45, 7) is 2.03. The number of nitrogens with one attached hydrogen (secondary N) is 2. The molecule has 0 unspecified atom stereocenters. The summed E-state index contributed by atoms with van der Waals surface area (Å²) in [6, 6.07) is 15.3. The first-order chi connectivity index (χ1) is 13.1. The van der Waals surface area contributed by atoms with Gasteiger partial charge in [-0.25, -0.2) is 4.98 Å². The first-order valence-electron chi connectivity index (χ1n) is 8.84. The van der Waals surface area contributed by atoms with E-state index in [4.69, 9.17) is 0 Å². The van der Waals surface area contributed by atoms with E-state index in [-0.39, 0.29) is 17.9 Å². The largest absolute Gasteiger partial charge is 0.349 e. The van der Waals surface area contributed by atoms with E-state index in [0.717, 1.165) is 23.4 Å². The van der Waals surface area contributed by atoms with Crippen LogP contribution in [0, 0.1) is 6.92 Å². The topological polar surface area (TPSA) is 71.1 Å². The zero-order valence-corrected chi connectivity index (χ0v) is 15.7. The van der Waals surface area contributed by atoms with Crippen LogP contribution < -0.4 is 10.6 Å². The molecule has 1 aromatic heterocycles. The molecule has 1 aliphatic carbocycles. The predicted molar refractivity (Wildman–Crippen MR) is 107 cm³/mol. The second kappa shape index (κ2) is 7.32. The summed E-state index contributed by atoms with van der Waals surface area (Å²) in [5.74, 6) is -0.483. The number of hydrogen-bond donors (Lipinski definition) is 2. The fraction of sp³-hybridized carbons (Fsp3) is 0.190. The Balaban J connectivity index is 1.51. The lowest BCUT2D eigenvalue weighted by Gasteiger charge is -2.10. The van der Waals surface area contributed by atoms with Gasteiger partial charge in [0.2, 0.25) is 0 Å². The molecule has 27 heavy (non-hydrogen) atoms. The van der Waals surface area contributed by atoms with Crippen LogP contribution in [0.1, 0.15) is 39.3 Å². The van der Waals surface area contributed by atoms with Crippen LogP contribution in [0.2, 0.25) is 0 Å². The van der Waals surface area contributed by atoms with E-state index in [9.17, 15) is 9.59 Å². The first kappa shape index (κ1) is 17.4. The molecule has 2 N–H and O–H groups in total. The van der Waals surface area contributed by atoms with Crippen molar-refractivity contribution in [2.24, 2.45) is 0 Å². The van der Waals surface area contributed by atoms with Gasteiger partial charge in [-0.3, -0.25) is 9.59 Å². The Hall–Kier alpha value is -2.99. The predicted octanol–water partition coefficient (Wildman–Crippen LogP) is 4.26. The summed E-state index contributed by atoms with van der Waals surface area (Å²) < 4.78 is 0. The number of nitrogens with zero attached hydrogens (tertiary/aromatic N) is 1. The highest BCUT2D eigenvalue weighted by atomic mass is 32.1. The molecule has 4 rings (SSSR count). The smallest absolute Gasteiger partial charge is 0.275 e. The summed E-state index contributed by atoms with van der Waals surface area (Å²) in [4.78, 5) is 29.4. The minimum atomic E-state index is -0.323. The molecular formula is C21H19N3O2S. The van der Waals surface area contributed by atoms with E-state index in [1.54, 1.807) is 29.6 Å². The molecule has 1 saturated carbocycles. The lowest BCUT2D eigenvalue weighted by atomic mass is 10.1. The van der Waals surface area contributed by atoms with Gasteiger partial charge in [0, 0.05) is 17.0 Å². The normalized spacial score (nSPS) is 13.2. The van der Waals surface area contributed by atoms with Crippen LogP contribution >= 0.6 is 11.3 Å². The van der Waals surface area contributed by atoms with Crippen molar-refractivity contribution in [2.45, 2.75) is 25.8 Å². The molecule has 0 atom stereocenters. The number of carbonyl (C=O) groups is 2. The molecule has 136 valence electrons. The number of rotatable bonds is 5. The number of hydrogen-bond acceptors (Lipinski definition) is 4. The molecule has 1 heterocycles. The molecule has 0 saturated heterocycles. The van der Waals surface area contributed by atoms with Gasteiger partial charge in [0.1, 0.15) is 10.7 Å². The second-order valence-corrected chi connectivity index (χ2v) is 7.51. The molecule has 0 aliphatic heterocycles. The third kappa shape index (κ3) is 4.06. The highest BCUT2D eigenvalue weighted by Crippen LogP contribution is 2.25. The van der Waals surface area contributed by atoms with Gasteiger partial charge in [-0.15, -0.1) is 11.3 Å². The van der Waals surface area contributed by atoms with Crippen LogP contribution in [-0.2, 0) is 0 Å². The van der Waals surface area contributed by atoms with Crippen molar-refractivity contribution in [1.29, 1.82) is 0 Å². The van der Waals surface area contributed by atoms with Crippen molar-refractivity contribution in [2.75, 3.05) is 5.32 Å². The van der Waals surface area contributed by atoms with Gasteiger partial charge < -0.3 is 10.6 Å². The Kier molecular flexibility index (Phi) is 4.73. The zero-order chi connectivity index (χ0) is 18.8. The molecular weight excluding hydrogens is 358 g/mol. The monoisotopic (exact) mass is 377 g/mol. The molecule has 6 heteroatoms. The number of benzene rings is 2. The first-order valence-corrected chi connectivity index (χ1v) is 9.72. The van der Waals surface area contributed by atoms with Crippen molar-refractivity contribution in [3.8, 4) is 10.6 Å². The maximum atomic E-state index is 12.6. The summed E-state index contributed by atoms with van der Waals surface area (Å²) >= 11 is 1.42. The lowest BCUT2D eigenvalue weighted by Crippen LogP contribution is -2.27. The average molecular weight is 377 g/mol. The molecule has 1 aliphatic rings. The number of thiazole rings is 1. The Morgan fingerprint density at radius 2 is 1.78 bits per heavy atom. The van der Waals surface area contributed by atoms with Gasteiger partial charge in [0.05, 0.1) is 11.3 Å². The van der Waals surface area contributed by atoms with Crippen molar-refractivity contribution in [3.63, 3.8) is 0 Å². The summed E-state index contributed by atoms with van der Waals surface area (Å²) in [5.41, 5.74) is 3.45. The van der Waals surface area contributed by atoms with Crippen LogP contribution in [-0.4, -0.2) is 22.8 Å². The fourth-order valence-corrected chi connectivity index (χ4v) is 3.48. The second-order valence-electron chi connectivity index (χ2n) is 6.65. The molecule has 1 fully saturated rings. The highest BCUT2D eigenvalue weighted by Gasteiger charge is 2.25. The van der Waals surface area contributed by atoms with E-state index in [1.165, 1.54) is 16.9 Å². The SMILES string of the molecule is Cc1ccc(-c2nc(C(=O)Nc3ccccc3C(=O)NC3CC3)cs2)cc1. The molecule has 2 amide bonds. The van der Waals surface area contributed by atoms with Crippen LogP contribution in [0.5, 0.6) is 0 Å². The number of aryl methyl sites for hydroxylation is 1. The number of amides is 2. The summed E-state index contributed by atoms with van der Waals surface area (Å²) in [7, 11) is 0. The number of para-hydroxylation sites is 1. The van der Waals surface area contributed by atoms with Gasteiger partial charge in [-0.2, -0.15) is 0 Å². The van der Waals surface area contributed by atoms with Crippen molar-refractivity contribution < 1.29 is 9.59 Å². The molecule has 0 spiro atoms. The minimum absolute atomic E-state index is 0.160. The van der Waals surface area contributed by atoms with Gasteiger partial charge in [0.25, 0.3) is 11.8 Å². The number of anilines is 1. The van der Waals surface area contributed by atoms with Crippen LogP contribution in [0.4, 0.5) is 5.69 Å². The molecule has 2 aromatic carbocycles. The maximum absolute atomic E-state index is 12.6. The molecule has 0 radical (unpaired) electrons. The Bertz CT molecular complexity index is 991. The van der Waals surface area contributed by atoms with Gasteiger partial charge in [0.15, 0.2) is 0 Å². The standard InChI is InChI=1S/C21H19N3O2S/c1-13-6-8-14(9-7-13)21-24-18(12-27-21)20(26)23-17-5-3-2-4-16(17)19(25)22-15-10-11-15/h2-9,12,15H,10-11H2,1H3,(H,22,25)(H,23,26). The lowest BCUT2D eigenvalue weighted by molar-refractivity contribution is 0.0952. The van der Waals surface area contributed by atoms with E-state index < -0.39 is 0 Å². The van der Waals surface area contributed by atoms with Crippen molar-refractivity contribution >= 4 is 28.8 Å². The van der Waals surface area contributed by atoms with Crippen molar-refractivity contribution in [1.82, 2.24) is 10.3 Å².